The normalized spacial score (nSPS) is 11.2. The van der Waals surface area contributed by atoms with Crippen molar-refractivity contribution in [3.8, 4) is 0 Å². The van der Waals surface area contributed by atoms with Crippen molar-refractivity contribution in [2.75, 3.05) is 0 Å². The van der Waals surface area contributed by atoms with Crippen LogP contribution in [0.2, 0.25) is 0 Å². The van der Waals surface area contributed by atoms with Crippen molar-refractivity contribution < 1.29 is 9.53 Å². The lowest BCUT2D eigenvalue weighted by Gasteiger charge is -2.10. The van der Waals surface area contributed by atoms with Gasteiger partial charge in [0.05, 0.1) is 12.7 Å². The molecule has 0 atom stereocenters. The molecule has 0 saturated heterocycles. The molecule has 0 aliphatic carbocycles. The van der Waals surface area contributed by atoms with Crippen molar-refractivity contribution in [1.29, 1.82) is 0 Å². The number of amides is 1. The number of fused-ring (bicyclic) bond motifs is 1. The summed E-state index contributed by atoms with van der Waals surface area (Å²) in [6.07, 6.45) is 3.43. The van der Waals surface area contributed by atoms with Crippen LogP contribution in [0.1, 0.15) is 37.0 Å². The number of carbonyl (C=O) groups excluding carboxylic acids is 1. The van der Waals surface area contributed by atoms with Crippen molar-refractivity contribution in [3.63, 3.8) is 0 Å². The molecule has 26 heavy (non-hydrogen) atoms. The van der Waals surface area contributed by atoms with Gasteiger partial charge in [-0.05, 0) is 43.0 Å². The van der Waals surface area contributed by atoms with Crippen LogP contribution in [0.5, 0.6) is 0 Å². The van der Waals surface area contributed by atoms with Gasteiger partial charge in [0.15, 0.2) is 0 Å². The van der Waals surface area contributed by atoms with Gasteiger partial charge in [0, 0.05) is 30.1 Å². The largest absolute Gasteiger partial charge is 0.374 e. The zero-order valence-corrected chi connectivity index (χ0v) is 15.4. The first-order chi connectivity index (χ1) is 12.6. The predicted octanol–water partition coefficient (Wildman–Crippen LogP) is 4.34. The van der Waals surface area contributed by atoms with Crippen LogP contribution in [0.15, 0.2) is 54.7 Å². The first-order valence-corrected chi connectivity index (χ1v) is 9.13. The van der Waals surface area contributed by atoms with Crippen LogP contribution in [0.4, 0.5) is 0 Å². The molecule has 1 amide bonds. The van der Waals surface area contributed by atoms with E-state index in [1.807, 2.05) is 50.4 Å². The fourth-order valence-electron chi connectivity index (χ4n) is 2.97. The molecule has 2 N–H and O–H groups in total. The van der Waals surface area contributed by atoms with E-state index in [0.29, 0.717) is 19.6 Å². The summed E-state index contributed by atoms with van der Waals surface area (Å²) in [5.74, 6) is 0.0686. The number of nitrogens with one attached hydrogen (secondary N) is 2. The molecule has 4 nitrogen and oxygen atoms in total. The summed E-state index contributed by atoms with van der Waals surface area (Å²) >= 11 is 0. The van der Waals surface area contributed by atoms with Crippen molar-refractivity contribution in [2.24, 2.45) is 0 Å². The van der Waals surface area contributed by atoms with Crippen LogP contribution >= 0.6 is 0 Å². The zero-order chi connectivity index (χ0) is 18.4. The SMILES string of the molecule is CC(C)OCc1cccc(CNC(=O)CCc2c[nH]c3ccccc23)c1. The number of aromatic amines is 1. The number of para-hydroxylation sites is 1. The summed E-state index contributed by atoms with van der Waals surface area (Å²) in [7, 11) is 0. The van der Waals surface area contributed by atoms with Gasteiger partial charge in [0.2, 0.25) is 5.91 Å². The number of carbonyl (C=O) groups is 1. The Morgan fingerprint density at radius 3 is 2.77 bits per heavy atom. The molecule has 2 aromatic carbocycles. The Labute approximate surface area is 154 Å². The molecule has 0 fully saturated rings. The van der Waals surface area contributed by atoms with Crippen LogP contribution in [0.3, 0.4) is 0 Å². The molecule has 3 aromatic rings. The maximum absolute atomic E-state index is 12.2. The molecule has 3 rings (SSSR count). The smallest absolute Gasteiger partial charge is 0.220 e. The summed E-state index contributed by atoms with van der Waals surface area (Å²) in [5.41, 5.74) is 4.52. The molecule has 1 heterocycles. The standard InChI is InChI=1S/C22H26N2O2/c1-16(2)26-15-18-7-5-6-17(12-18)13-24-22(25)11-10-19-14-23-21-9-4-3-8-20(19)21/h3-9,12,14,16,23H,10-11,13,15H2,1-2H3,(H,24,25). The highest BCUT2D eigenvalue weighted by Crippen LogP contribution is 2.18. The molecular formula is C22H26N2O2. The highest BCUT2D eigenvalue weighted by atomic mass is 16.5. The quantitative estimate of drug-likeness (QED) is 0.635. The van der Waals surface area contributed by atoms with E-state index in [9.17, 15) is 4.79 Å². The van der Waals surface area contributed by atoms with Gasteiger partial charge < -0.3 is 15.0 Å². The highest BCUT2D eigenvalue weighted by molar-refractivity contribution is 5.84. The van der Waals surface area contributed by atoms with E-state index in [1.165, 1.54) is 10.9 Å². The minimum absolute atomic E-state index is 0.0686. The minimum atomic E-state index is 0.0686. The first-order valence-electron chi connectivity index (χ1n) is 9.13. The van der Waals surface area contributed by atoms with Gasteiger partial charge in [-0.25, -0.2) is 0 Å². The maximum atomic E-state index is 12.2. The van der Waals surface area contributed by atoms with Crippen LogP contribution in [0.25, 0.3) is 10.9 Å². The molecule has 0 bridgehead atoms. The van der Waals surface area contributed by atoms with Gasteiger partial charge >= 0.3 is 0 Å². The highest BCUT2D eigenvalue weighted by Gasteiger charge is 2.07. The Balaban J connectivity index is 1.49. The number of ether oxygens (including phenoxy) is 1. The summed E-state index contributed by atoms with van der Waals surface area (Å²) < 4.78 is 5.63. The van der Waals surface area contributed by atoms with E-state index in [2.05, 4.69) is 28.5 Å². The molecule has 1 aromatic heterocycles. The molecule has 0 spiro atoms. The molecule has 0 aliphatic heterocycles. The van der Waals surface area contributed by atoms with Crippen LogP contribution < -0.4 is 5.32 Å². The fourth-order valence-corrected chi connectivity index (χ4v) is 2.97. The van der Waals surface area contributed by atoms with Crippen molar-refractivity contribution in [3.05, 3.63) is 71.4 Å². The lowest BCUT2D eigenvalue weighted by atomic mass is 10.1. The number of rotatable bonds is 8. The Bertz CT molecular complexity index is 867. The summed E-state index contributed by atoms with van der Waals surface area (Å²) in [6.45, 7) is 5.19. The molecule has 136 valence electrons. The third kappa shape index (κ3) is 4.96. The molecule has 0 unspecified atom stereocenters. The Morgan fingerprint density at radius 1 is 1.12 bits per heavy atom. The lowest BCUT2D eigenvalue weighted by molar-refractivity contribution is -0.121. The third-order valence-corrected chi connectivity index (χ3v) is 4.36. The monoisotopic (exact) mass is 350 g/mol. The van der Waals surface area contributed by atoms with Gasteiger partial charge in [0.25, 0.3) is 0 Å². The number of H-pyrrole nitrogens is 1. The summed E-state index contributed by atoms with van der Waals surface area (Å²) in [5, 5.41) is 4.20. The number of aryl methyl sites for hydroxylation is 1. The maximum Gasteiger partial charge on any atom is 0.220 e. The lowest BCUT2D eigenvalue weighted by Crippen LogP contribution is -2.23. The second-order valence-electron chi connectivity index (χ2n) is 6.82. The minimum Gasteiger partial charge on any atom is -0.374 e. The van der Waals surface area contributed by atoms with E-state index in [0.717, 1.165) is 23.1 Å². The van der Waals surface area contributed by atoms with Gasteiger partial charge in [-0.3, -0.25) is 4.79 Å². The summed E-state index contributed by atoms with van der Waals surface area (Å²) in [6, 6.07) is 16.3. The predicted molar refractivity (Wildman–Crippen MR) is 105 cm³/mol. The molecular weight excluding hydrogens is 324 g/mol. The number of aromatic nitrogens is 1. The molecule has 0 radical (unpaired) electrons. The average molecular weight is 350 g/mol. The van der Waals surface area contributed by atoms with Gasteiger partial charge in [0.1, 0.15) is 0 Å². The van der Waals surface area contributed by atoms with Crippen LogP contribution in [0, 0.1) is 0 Å². The van der Waals surface area contributed by atoms with Gasteiger partial charge in [-0.15, -0.1) is 0 Å². The second kappa shape index (κ2) is 8.68. The number of hydrogen-bond acceptors (Lipinski definition) is 2. The average Bonchev–Trinajstić information content (AvgIpc) is 3.06. The zero-order valence-electron chi connectivity index (χ0n) is 15.4. The summed E-state index contributed by atoms with van der Waals surface area (Å²) in [4.78, 5) is 15.5. The van der Waals surface area contributed by atoms with E-state index in [1.54, 1.807) is 0 Å². The molecule has 0 saturated carbocycles. The van der Waals surface area contributed by atoms with Crippen molar-refractivity contribution in [1.82, 2.24) is 10.3 Å². The number of hydrogen-bond donors (Lipinski definition) is 2. The van der Waals surface area contributed by atoms with Crippen LogP contribution in [-0.4, -0.2) is 17.0 Å². The van der Waals surface area contributed by atoms with Crippen LogP contribution in [-0.2, 0) is 29.1 Å². The van der Waals surface area contributed by atoms with Crippen molar-refractivity contribution >= 4 is 16.8 Å². The Morgan fingerprint density at radius 2 is 1.92 bits per heavy atom. The van der Waals surface area contributed by atoms with E-state index in [-0.39, 0.29) is 12.0 Å². The van der Waals surface area contributed by atoms with Gasteiger partial charge in [-0.2, -0.15) is 0 Å². The van der Waals surface area contributed by atoms with E-state index < -0.39 is 0 Å². The topological polar surface area (TPSA) is 54.1 Å². The van der Waals surface area contributed by atoms with Gasteiger partial charge in [-0.1, -0.05) is 42.5 Å². The number of benzene rings is 2. The van der Waals surface area contributed by atoms with E-state index >= 15 is 0 Å². The molecule has 0 aliphatic rings. The molecule has 4 heteroatoms. The second-order valence-corrected chi connectivity index (χ2v) is 6.82. The first kappa shape index (κ1) is 18.2. The third-order valence-electron chi connectivity index (χ3n) is 4.36. The van der Waals surface area contributed by atoms with Crippen molar-refractivity contribution in [2.45, 2.75) is 45.9 Å². The Hall–Kier alpha value is -2.59. The fraction of sp³-hybridized carbons (Fsp3) is 0.318. The Kier molecular flexibility index (Phi) is 6.08. The van der Waals surface area contributed by atoms with E-state index in [4.69, 9.17) is 4.74 Å².